The highest BCUT2D eigenvalue weighted by molar-refractivity contribution is 5.73. The van der Waals surface area contributed by atoms with E-state index >= 15 is 0 Å². The highest BCUT2D eigenvalue weighted by Crippen LogP contribution is 2.26. The molecule has 3 nitrogen and oxygen atoms in total. The lowest BCUT2D eigenvalue weighted by molar-refractivity contribution is 0.388. The van der Waals surface area contributed by atoms with Crippen LogP contribution >= 0.6 is 0 Å². The molecule has 1 heterocycles. The zero-order valence-electron chi connectivity index (χ0n) is 12.8. The Kier molecular flexibility index (Phi) is 3.43. The molecule has 0 fully saturated rings. The Labute approximate surface area is 115 Å². The monoisotopic (exact) mass is 260 g/mol. The van der Waals surface area contributed by atoms with Crippen molar-refractivity contribution in [1.29, 1.82) is 0 Å². The van der Waals surface area contributed by atoms with Crippen molar-refractivity contribution in [3.63, 3.8) is 0 Å². The number of fused-ring (bicyclic) bond motifs is 1. The molecular formula is C16H24N2O. The summed E-state index contributed by atoms with van der Waals surface area (Å²) in [6.07, 6.45) is 0. The number of nitrogens with zero attached hydrogens (tertiary/aromatic N) is 1. The predicted octanol–water partition coefficient (Wildman–Crippen LogP) is 4.01. The summed E-state index contributed by atoms with van der Waals surface area (Å²) < 4.78 is 5.76. The molecule has 0 amide bonds. The molecule has 1 N–H and O–H groups in total. The van der Waals surface area contributed by atoms with Crippen LogP contribution in [-0.4, -0.2) is 10.5 Å². The van der Waals surface area contributed by atoms with Gasteiger partial charge in [0.15, 0.2) is 5.58 Å². The standard InChI is InChI=1S/C16H24N2O/c1-15(2,3)11-7-8-13-12(9-11)18-14(19-13)10-17-16(4,5)6/h7-9,17H,10H2,1-6H3. The smallest absolute Gasteiger partial charge is 0.209 e. The first-order valence-electron chi connectivity index (χ1n) is 6.80. The van der Waals surface area contributed by atoms with Crippen LogP contribution in [0.25, 0.3) is 11.1 Å². The minimum Gasteiger partial charge on any atom is -0.439 e. The molecule has 2 aromatic rings. The van der Waals surface area contributed by atoms with Crippen molar-refractivity contribution in [3.8, 4) is 0 Å². The van der Waals surface area contributed by atoms with E-state index in [1.54, 1.807) is 0 Å². The number of hydrogen-bond donors (Lipinski definition) is 1. The van der Waals surface area contributed by atoms with E-state index in [2.05, 4.69) is 64.0 Å². The normalized spacial score (nSPS) is 13.2. The molecule has 0 saturated carbocycles. The first-order valence-corrected chi connectivity index (χ1v) is 6.80. The van der Waals surface area contributed by atoms with Gasteiger partial charge in [0, 0.05) is 5.54 Å². The highest BCUT2D eigenvalue weighted by Gasteiger charge is 2.16. The van der Waals surface area contributed by atoms with Crippen LogP contribution in [-0.2, 0) is 12.0 Å². The minimum absolute atomic E-state index is 0.0667. The van der Waals surface area contributed by atoms with Gasteiger partial charge in [0.1, 0.15) is 5.52 Å². The number of rotatable bonds is 2. The van der Waals surface area contributed by atoms with Crippen molar-refractivity contribution in [3.05, 3.63) is 29.7 Å². The fraction of sp³-hybridized carbons (Fsp3) is 0.562. The van der Waals surface area contributed by atoms with E-state index in [9.17, 15) is 0 Å². The van der Waals surface area contributed by atoms with E-state index in [1.807, 2.05) is 6.07 Å². The molecule has 0 aliphatic rings. The predicted molar refractivity (Wildman–Crippen MR) is 79.3 cm³/mol. The van der Waals surface area contributed by atoms with Crippen LogP contribution in [0.3, 0.4) is 0 Å². The maximum absolute atomic E-state index is 5.76. The Morgan fingerprint density at radius 2 is 1.79 bits per heavy atom. The van der Waals surface area contributed by atoms with E-state index in [4.69, 9.17) is 4.42 Å². The summed E-state index contributed by atoms with van der Waals surface area (Å²) in [7, 11) is 0. The molecule has 2 rings (SSSR count). The van der Waals surface area contributed by atoms with Gasteiger partial charge in [0.25, 0.3) is 0 Å². The maximum atomic E-state index is 5.76. The van der Waals surface area contributed by atoms with Crippen LogP contribution < -0.4 is 5.32 Å². The number of oxazole rings is 1. The van der Waals surface area contributed by atoms with Gasteiger partial charge in [-0.1, -0.05) is 26.8 Å². The molecule has 0 aliphatic carbocycles. The zero-order chi connectivity index (χ0) is 14.3. The Hall–Kier alpha value is -1.35. The summed E-state index contributed by atoms with van der Waals surface area (Å²) in [6, 6.07) is 6.26. The van der Waals surface area contributed by atoms with Gasteiger partial charge in [-0.25, -0.2) is 4.98 Å². The Balaban J connectivity index is 2.26. The lowest BCUT2D eigenvalue weighted by atomic mass is 9.87. The first-order chi connectivity index (χ1) is 8.65. The topological polar surface area (TPSA) is 38.1 Å². The van der Waals surface area contributed by atoms with E-state index in [1.165, 1.54) is 5.56 Å². The summed E-state index contributed by atoms with van der Waals surface area (Å²) >= 11 is 0. The van der Waals surface area contributed by atoms with Crippen LogP contribution in [0.1, 0.15) is 53.0 Å². The molecule has 0 saturated heterocycles. The quantitative estimate of drug-likeness (QED) is 0.886. The Bertz CT molecular complexity index is 570. The second kappa shape index (κ2) is 4.64. The number of benzene rings is 1. The van der Waals surface area contributed by atoms with Crippen LogP contribution in [0.4, 0.5) is 0 Å². The van der Waals surface area contributed by atoms with Crippen molar-refractivity contribution < 1.29 is 4.42 Å². The van der Waals surface area contributed by atoms with Crippen LogP contribution in [0.5, 0.6) is 0 Å². The van der Waals surface area contributed by atoms with Gasteiger partial charge in [-0.05, 0) is 43.9 Å². The van der Waals surface area contributed by atoms with E-state index in [0.29, 0.717) is 6.54 Å². The molecule has 104 valence electrons. The van der Waals surface area contributed by atoms with Crippen LogP contribution in [0.15, 0.2) is 22.6 Å². The molecule has 3 heteroatoms. The van der Waals surface area contributed by atoms with Gasteiger partial charge in [-0.3, -0.25) is 0 Å². The van der Waals surface area contributed by atoms with Crippen LogP contribution in [0.2, 0.25) is 0 Å². The zero-order valence-corrected chi connectivity index (χ0v) is 12.8. The number of aromatic nitrogens is 1. The molecule has 0 atom stereocenters. The fourth-order valence-corrected chi connectivity index (χ4v) is 1.86. The average molecular weight is 260 g/mol. The van der Waals surface area contributed by atoms with Crippen LogP contribution in [0, 0.1) is 0 Å². The van der Waals surface area contributed by atoms with E-state index in [0.717, 1.165) is 17.0 Å². The maximum Gasteiger partial charge on any atom is 0.209 e. The van der Waals surface area contributed by atoms with Gasteiger partial charge < -0.3 is 9.73 Å². The van der Waals surface area contributed by atoms with Gasteiger partial charge in [-0.2, -0.15) is 0 Å². The second-order valence-corrected chi connectivity index (χ2v) is 7.14. The Morgan fingerprint density at radius 3 is 2.37 bits per heavy atom. The van der Waals surface area contributed by atoms with E-state index < -0.39 is 0 Å². The van der Waals surface area contributed by atoms with Gasteiger partial charge in [0.05, 0.1) is 6.54 Å². The first kappa shape index (κ1) is 14.1. The molecule has 0 bridgehead atoms. The third kappa shape index (κ3) is 3.57. The van der Waals surface area contributed by atoms with Crippen molar-refractivity contribution in [2.45, 2.75) is 59.0 Å². The lowest BCUT2D eigenvalue weighted by Crippen LogP contribution is -2.35. The molecule has 0 spiro atoms. The fourth-order valence-electron chi connectivity index (χ4n) is 1.86. The summed E-state index contributed by atoms with van der Waals surface area (Å²) in [5, 5.41) is 3.39. The lowest BCUT2D eigenvalue weighted by Gasteiger charge is -2.18. The molecule has 0 radical (unpaired) electrons. The minimum atomic E-state index is 0.0667. The van der Waals surface area contributed by atoms with Crippen molar-refractivity contribution in [1.82, 2.24) is 10.3 Å². The van der Waals surface area contributed by atoms with Crippen molar-refractivity contribution in [2.24, 2.45) is 0 Å². The number of hydrogen-bond acceptors (Lipinski definition) is 3. The highest BCUT2D eigenvalue weighted by atomic mass is 16.3. The van der Waals surface area contributed by atoms with Gasteiger partial charge in [0.2, 0.25) is 5.89 Å². The van der Waals surface area contributed by atoms with Gasteiger partial charge >= 0.3 is 0 Å². The molecule has 0 aliphatic heterocycles. The molecule has 1 aromatic carbocycles. The SMILES string of the molecule is CC(C)(C)NCc1nc2cc(C(C)(C)C)ccc2o1. The summed E-state index contributed by atoms with van der Waals surface area (Å²) in [6.45, 7) is 13.7. The second-order valence-electron chi connectivity index (χ2n) is 7.14. The summed E-state index contributed by atoms with van der Waals surface area (Å²) in [5.74, 6) is 0.746. The summed E-state index contributed by atoms with van der Waals surface area (Å²) in [5.41, 5.74) is 3.29. The summed E-state index contributed by atoms with van der Waals surface area (Å²) in [4.78, 5) is 4.56. The van der Waals surface area contributed by atoms with Crippen molar-refractivity contribution >= 4 is 11.1 Å². The largest absolute Gasteiger partial charge is 0.439 e. The molecular weight excluding hydrogens is 236 g/mol. The Morgan fingerprint density at radius 1 is 1.11 bits per heavy atom. The average Bonchev–Trinajstić information content (AvgIpc) is 2.65. The molecule has 1 aromatic heterocycles. The third-order valence-corrected chi connectivity index (χ3v) is 3.07. The number of nitrogens with one attached hydrogen (secondary N) is 1. The third-order valence-electron chi connectivity index (χ3n) is 3.07. The van der Waals surface area contributed by atoms with Gasteiger partial charge in [-0.15, -0.1) is 0 Å². The van der Waals surface area contributed by atoms with E-state index in [-0.39, 0.29) is 11.0 Å². The van der Waals surface area contributed by atoms with Crippen molar-refractivity contribution in [2.75, 3.05) is 0 Å². The molecule has 19 heavy (non-hydrogen) atoms. The molecule has 0 unspecified atom stereocenters.